The second kappa shape index (κ2) is 13.8. The van der Waals surface area contributed by atoms with E-state index in [1.165, 1.54) is 17.3 Å². The summed E-state index contributed by atoms with van der Waals surface area (Å²) in [4.78, 5) is 20.8. The first-order valence-corrected chi connectivity index (χ1v) is 16.3. The first-order chi connectivity index (χ1) is 20.6. The monoisotopic (exact) mass is 742 g/mol. The van der Waals surface area contributed by atoms with Crippen LogP contribution in [0.25, 0.3) is 6.08 Å². The molecule has 0 saturated carbocycles. The van der Waals surface area contributed by atoms with Crippen LogP contribution in [0.3, 0.4) is 0 Å². The van der Waals surface area contributed by atoms with Gasteiger partial charge in [0, 0.05) is 10.0 Å². The Kier molecular flexibility index (Phi) is 10.1. The Morgan fingerprint density at radius 1 is 0.907 bits per heavy atom. The molecule has 1 heterocycles. The topological polar surface area (TPSA) is 51.1 Å². The van der Waals surface area contributed by atoms with Crippen LogP contribution in [0.4, 0.5) is 11.4 Å². The van der Waals surface area contributed by atoms with Crippen LogP contribution in [0, 0.1) is 24.3 Å². The largest absolute Gasteiger partial charge is 0.490 e. The standard InChI is InChI=1S/C34H29Cl2IN2O3S/c1-5-41-30-15-24(14-29(37)32(30)42-19-23-10-6-20(2)7-11-23)16-31-33(40)39(26-13-9-22(4)28(36)18-26)34(43-31)38-25-12-8-21(3)27(35)17-25/h6-18H,5,19H2,1-4H3/b31-16+,38-34?. The number of nitrogens with zero attached hydrogens (tertiary/aromatic N) is 2. The first kappa shape index (κ1) is 31.4. The summed E-state index contributed by atoms with van der Waals surface area (Å²) in [5.74, 6) is 1.09. The molecular formula is C34H29Cl2IN2O3S. The molecular weight excluding hydrogens is 714 g/mol. The zero-order valence-electron chi connectivity index (χ0n) is 24.1. The summed E-state index contributed by atoms with van der Waals surface area (Å²) in [7, 11) is 0. The molecule has 1 aliphatic rings. The second-order valence-corrected chi connectivity index (χ2v) is 13.0. The van der Waals surface area contributed by atoms with Gasteiger partial charge in [-0.25, -0.2) is 4.99 Å². The Hall–Kier alpha value is -2.98. The lowest BCUT2D eigenvalue weighted by atomic mass is 10.1. The summed E-state index contributed by atoms with van der Waals surface area (Å²) >= 11 is 16.4. The van der Waals surface area contributed by atoms with Gasteiger partial charge in [-0.15, -0.1) is 0 Å². The van der Waals surface area contributed by atoms with E-state index in [0.717, 1.165) is 25.8 Å². The van der Waals surface area contributed by atoms with E-state index in [1.54, 1.807) is 17.0 Å². The normalized spacial score (nSPS) is 15.0. The molecule has 43 heavy (non-hydrogen) atoms. The van der Waals surface area contributed by atoms with Gasteiger partial charge in [-0.2, -0.15) is 0 Å². The summed E-state index contributed by atoms with van der Waals surface area (Å²) in [5.41, 5.74) is 6.25. The quantitative estimate of drug-likeness (QED) is 0.133. The number of halogens is 3. The molecule has 1 saturated heterocycles. The maximum Gasteiger partial charge on any atom is 0.271 e. The minimum absolute atomic E-state index is 0.199. The highest BCUT2D eigenvalue weighted by Crippen LogP contribution is 2.41. The predicted molar refractivity (Wildman–Crippen MR) is 188 cm³/mol. The van der Waals surface area contributed by atoms with Crippen molar-refractivity contribution in [1.82, 2.24) is 0 Å². The number of carbonyl (C=O) groups is 1. The summed E-state index contributed by atoms with van der Waals surface area (Å²) in [6.45, 7) is 8.75. The molecule has 4 aromatic carbocycles. The van der Waals surface area contributed by atoms with Crippen molar-refractivity contribution in [2.45, 2.75) is 34.3 Å². The number of ether oxygens (including phenoxy) is 2. The number of hydrogen-bond acceptors (Lipinski definition) is 5. The van der Waals surface area contributed by atoms with Crippen molar-refractivity contribution in [2.24, 2.45) is 4.99 Å². The molecule has 0 spiro atoms. The lowest BCUT2D eigenvalue weighted by molar-refractivity contribution is -0.113. The van der Waals surface area contributed by atoms with Gasteiger partial charge in [0.1, 0.15) is 6.61 Å². The van der Waals surface area contributed by atoms with E-state index in [4.69, 9.17) is 37.7 Å². The number of carbonyl (C=O) groups excluding carboxylic acids is 1. The average Bonchev–Trinajstić information content (AvgIpc) is 3.26. The minimum atomic E-state index is -0.199. The Bertz CT molecular complexity index is 1760. The minimum Gasteiger partial charge on any atom is -0.490 e. The third-order valence-electron chi connectivity index (χ3n) is 6.73. The molecule has 220 valence electrons. The van der Waals surface area contributed by atoms with Gasteiger partial charge in [0.25, 0.3) is 5.91 Å². The molecule has 0 bridgehead atoms. The second-order valence-electron chi connectivity index (χ2n) is 10.0. The molecule has 1 amide bonds. The average molecular weight is 743 g/mol. The predicted octanol–water partition coefficient (Wildman–Crippen LogP) is 10.3. The van der Waals surface area contributed by atoms with Crippen molar-refractivity contribution in [3.8, 4) is 11.5 Å². The van der Waals surface area contributed by atoms with Gasteiger partial charge in [0.05, 0.1) is 26.5 Å². The van der Waals surface area contributed by atoms with Gasteiger partial charge in [0.2, 0.25) is 0 Å². The summed E-state index contributed by atoms with van der Waals surface area (Å²) in [6, 6.07) is 23.3. The van der Waals surface area contributed by atoms with Gasteiger partial charge in [-0.3, -0.25) is 9.69 Å². The molecule has 0 radical (unpaired) electrons. The Morgan fingerprint density at radius 3 is 2.28 bits per heavy atom. The fraction of sp³-hybridized carbons (Fsp3) is 0.176. The zero-order valence-corrected chi connectivity index (χ0v) is 28.6. The zero-order chi connectivity index (χ0) is 30.7. The van der Waals surface area contributed by atoms with Crippen LogP contribution in [-0.2, 0) is 11.4 Å². The van der Waals surface area contributed by atoms with Crippen LogP contribution >= 0.6 is 57.6 Å². The van der Waals surface area contributed by atoms with Gasteiger partial charge < -0.3 is 9.47 Å². The van der Waals surface area contributed by atoms with Crippen molar-refractivity contribution >= 4 is 86.1 Å². The summed E-state index contributed by atoms with van der Waals surface area (Å²) in [5, 5.41) is 1.69. The highest BCUT2D eigenvalue weighted by molar-refractivity contribution is 14.1. The van der Waals surface area contributed by atoms with Crippen LogP contribution in [0.15, 0.2) is 82.7 Å². The Morgan fingerprint density at radius 2 is 1.60 bits per heavy atom. The van der Waals surface area contributed by atoms with Crippen molar-refractivity contribution in [3.05, 3.63) is 119 Å². The fourth-order valence-corrected chi connectivity index (χ4v) is 6.46. The number of aliphatic imine (C=N–C) groups is 1. The number of thioether (sulfide) groups is 1. The Balaban J connectivity index is 1.51. The summed E-state index contributed by atoms with van der Waals surface area (Å²) in [6.07, 6.45) is 1.86. The fourth-order valence-electron chi connectivity index (χ4n) is 4.32. The lowest BCUT2D eigenvalue weighted by Gasteiger charge is -2.17. The molecule has 5 rings (SSSR count). The number of benzene rings is 4. The van der Waals surface area contributed by atoms with Crippen molar-refractivity contribution < 1.29 is 14.3 Å². The highest BCUT2D eigenvalue weighted by atomic mass is 127. The molecule has 5 nitrogen and oxygen atoms in total. The van der Waals surface area contributed by atoms with Gasteiger partial charge >= 0.3 is 0 Å². The van der Waals surface area contributed by atoms with Crippen LogP contribution in [0.2, 0.25) is 10.0 Å². The third kappa shape index (κ3) is 7.40. The van der Waals surface area contributed by atoms with Gasteiger partial charge in [-0.05, 0) is 127 Å². The smallest absolute Gasteiger partial charge is 0.271 e. The maximum atomic E-state index is 13.9. The number of amides is 1. The first-order valence-electron chi connectivity index (χ1n) is 13.6. The van der Waals surface area contributed by atoms with E-state index in [0.29, 0.717) is 56.2 Å². The van der Waals surface area contributed by atoms with E-state index in [1.807, 2.05) is 63.2 Å². The van der Waals surface area contributed by atoms with E-state index >= 15 is 0 Å². The van der Waals surface area contributed by atoms with Crippen LogP contribution in [0.1, 0.15) is 34.7 Å². The van der Waals surface area contributed by atoms with Crippen molar-refractivity contribution in [2.75, 3.05) is 11.5 Å². The van der Waals surface area contributed by atoms with Crippen molar-refractivity contribution in [1.29, 1.82) is 0 Å². The van der Waals surface area contributed by atoms with E-state index in [9.17, 15) is 4.79 Å². The van der Waals surface area contributed by atoms with Gasteiger partial charge in [0.15, 0.2) is 16.7 Å². The maximum absolute atomic E-state index is 13.9. The number of hydrogen-bond donors (Lipinski definition) is 0. The molecule has 0 unspecified atom stereocenters. The number of anilines is 1. The molecule has 0 atom stereocenters. The molecule has 1 fully saturated rings. The lowest BCUT2D eigenvalue weighted by Crippen LogP contribution is -2.28. The van der Waals surface area contributed by atoms with E-state index in [-0.39, 0.29) is 5.91 Å². The number of aryl methyl sites for hydroxylation is 3. The summed E-state index contributed by atoms with van der Waals surface area (Å²) < 4.78 is 13.1. The molecule has 1 aliphatic heterocycles. The highest BCUT2D eigenvalue weighted by Gasteiger charge is 2.35. The van der Waals surface area contributed by atoms with E-state index in [2.05, 4.69) is 53.8 Å². The SMILES string of the molecule is CCOc1cc(/C=C2/SC(=Nc3ccc(C)c(Cl)c3)N(c3ccc(C)c(Cl)c3)C2=O)cc(I)c1OCc1ccc(C)cc1. The number of rotatable bonds is 8. The third-order valence-corrected chi connectivity index (χ3v) is 9.32. The van der Waals surface area contributed by atoms with Gasteiger partial charge in [-0.1, -0.05) is 65.2 Å². The molecule has 0 aromatic heterocycles. The van der Waals surface area contributed by atoms with Crippen molar-refractivity contribution in [3.63, 3.8) is 0 Å². The molecule has 0 aliphatic carbocycles. The molecule has 4 aromatic rings. The van der Waals surface area contributed by atoms with E-state index < -0.39 is 0 Å². The Labute approximate surface area is 280 Å². The number of amidine groups is 1. The molecule has 0 N–H and O–H groups in total. The molecule has 9 heteroatoms. The van der Waals surface area contributed by atoms with Crippen LogP contribution in [0.5, 0.6) is 11.5 Å². The van der Waals surface area contributed by atoms with Crippen LogP contribution < -0.4 is 14.4 Å². The van der Waals surface area contributed by atoms with Crippen LogP contribution in [-0.4, -0.2) is 17.7 Å².